The van der Waals surface area contributed by atoms with Gasteiger partial charge in [-0.3, -0.25) is 0 Å². The molecule has 3 N–H and O–H groups in total. The molecule has 0 saturated carbocycles. The van der Waals surface area contributed by atoms with E-state index in [2.05, 4.69) is 15.3 Å². The second-order valence-electron chi connectivity index (χ2n) is 3.30. The lowest BCUT2D eigenvalue weighted by Crippen LogP contribution is -2.01. The molecule has 0 atom stereocenters. The molecule has 0 unspecified atom stereocenters. The summed E-state index contributed by atoms with van der Waals surface area (Å²) in [7, 11) is 0. The van der Waals surface area contributed by atoms with Crippen LogP contribution in [0.15, 0.2) is 18.5 Å². The van der Waals surface area contributed by atoms with Gasteiger partial charge in [-0.15, -0.1) is 11.3 Å². The van der Waals surface area contributed by atoms with Crippen molar-refractivity contribution in [3.63, 3.8) is 0 Å². The van der Waals surface area contributed by atoms with Crippen molar-refractivity contribution in [2.75, 3.05) is 11.1 Å². The van der Waals surface area contributed by atoms with E-state index in [4.69, 9.17) is 17.3 Å². The first kappa shape index (κ1) is 11.2. The highest BCUT2D eigenvalue weighted by atomic mass is 35.5. The first-order chi connectivity index (χ1) is 7.65. The van der Waals surface area contributed by atoms with Crippen LogP contribution in [-0.4, -0.2) is 9.97 Å². The summed E-state index contributed by atoms with van der Waals surface area (Å²) in [4.78, 5) is 9.43. The summed E-state index contributed by atoms with van der Waals surface area (Å²) in [5.74, 6) is 0.641. The second kappa shape index (κ2) is 4.67. The van der Waals surface area contributed by atoms with Crippen molar-refractivity contribution in [1.29, 1.82) is 0 Å². The first-order valence-electron chi connectivity index (χ1n) is 4.71. The van der Waals surface area contributed by atoms with Gasteiger partial charge < -0.3 is 11.1 Å². The number of nitrogens with one attached hydrogen (secondary N) is 1. The summed E-state index contributed by atoms with van der Waals surface area (Å²) in [5, 5.41) is 4.72. The van der Waals surface area contributed by atoms with Crippen molar-refractivity contribution in [2.24, 2.45) is 0 Å². The molecule has 0 spiro atoms. The number of hydrogen-bond donors (Lipinski definition) is 2. The minimum absolute atomic E-state index is 0.529. The Balaban J connectivity index is 2.04. The summed E-state index contributed by atoms with van der Waals surface area (Å²) in [5.41, 5.74) is 6.11. The summed E-state index contributed by atoms with van der Waals surface area (Å²) in [6.45, 7) is 2.64. The van der Waals surface area contributed by atoms with Crippen LogP contribution in [-0.2, 0) is 6.54 Å². The van der Waals surface area contributed by atoms with Crippen molar-refractivity contribution in [3.05, 3.63) is 33.4 Å². The lowest BCUT2D eigenvalue weighted by Gasteiger charge is -2.05. The molecule has 0 aliphatic rings. The number of thiazole rings is 1. The summed E-state index contributed by atoms with van der Waals surface area (Å²) < 4.78 is 0. The predicted octanol–water partition coefficient (Wildman–Crippen LogP) is 2.69. The molecule has 0 amide bonds. The molecule has 2 aromatic rings. The van der Waals surface area contributed by atoms with Gasteiger partial charge in [-0.1, -0.05) is 11.6 Å². The van der Waals surface area contributed by atoms with Gasteiger partial charge in [0.25, 0.3) is 0 Å². The number of anilines is 2. The Kier molecular flexibility index (Phi) is 3.26. The highest BCUT2D eigenvalue weighted by molar-refractivity contribution is 7.11. The maximum absolute atomic E-state index is 5.98. The van der Waals surface area contributed by atoms with E-state index in [9.17, 15) is 0 Å². The molecule has 2 heterocycles. The minimum Gasteiger partial charge on any atom is -0.397 e. The normalized spacial score (nSPS) is 10.4. The number of pyridine rings is 1. The van der Waals surface area contributed by atoms with Gasteiger partial charge in [0.1, 0.15) is 5.82 Å². The molecule has 0 bridgehead atoms. The molecule has 0 aromatic carbocycles. The van der Waals surface area contributed by atoms with Crippen molar-refractivity contribution in [3.8, 4) is 0 Å². The monoisotopic (exact) mass is 254 g/mol. The minimum atomic E-state index is 0.529. The first-order valence-corrected chi connectivity index (χ1v) is 5.91. The molecule has 2 rings (SSSR count). The molecule has 0 fully saturated rings. The zero-order valence-corrected chi connectivity index (χ0v) is 10.3. The number of hydrogen-bond acceptors (Lipinski definition) is 5. The third-order valence-corrected chi connectivity index (χ3v) is 3.16. The fraction of sp³-hybridized carbons (Fsp3) is 0.200. The number of nitrogens with two attached hydrogens (primary N) is 1. The average Bonchev–Trinajstić information content (AvgIpc) is 2.63. The summed E-state index contributed by atoms with van der Waals surface area (Å²) in [6, 6.07) is 1.68. The van der Waals surface area contributed by atoms with Gasteiger partial charge in [0.05, 0.1) is 28.5 Å². The molecule has 16 heavy (non-hydrogen) atoms. The maximum atomic E-state index is 5.98. The van der Waals surface area contributed by atoms with Crippen LogP contribution in [0.4, 0.5) is 11.5 Å². The average molecular weight is 255 g/mol. The van der Waals surface area contributed by atoms with Crippen LogP contribution in [0.3, 0.4) is 0 Å². The zero-order valence-electron chi connectivity index (χ0n) is 8.70. The molecule has 0 aliphatic carbocycles. The Morgan fingerprint density at radius 2 is 2.25 bits per heavy atom. The van der Waals surface area contributed by atoms with E-state index in [0.29, 0.717) is 23.1 Å². The van der Waals surface area contributed by atoms with E-state index in [1.54, 1.807) is 23.6 Å². The van der Waals surface area contributed by atoms with Gasteiger partial charge in [0.15, 0.2) is 0 Å². The largest absolute Gasteiger partial charge is 0.397 e. The SMILES string of the molecule is Cc1ncc(CNc2ncc(N)cc2Cl)s1. The molecule has 4 nitrogen and oxygen atoms in total. The van der Waals surface area contributed by atoms with Crippen molar-refractivity contribution >= 4 is 34.4 Å². The quantitative estimate of drug-likeness (QED) is 0.884. The maximum Gasteiger partial charge on any atom is 0.145 e. The van der Waals surface area contributed by atoms with Crippen LogP contribution in [0, 0.1) is 6.92 Å². The Morgan fingerprint density at radius 3 is 2.88 bits per heavy atom. The highest BCUT2D eigenvalue weighted by Gasteiger charge is 2.03. The lowest BCUT2D eigenvalue weighted by molar-refractivity contribution is 1.13. The van der Waals surface area contributed by atoms with Gasteiger partial charge in [-0.2, -0.15) is 0 Å². The molecular weight excluding hydrogens is 244 g/mol. The topological polar surface area (TPSA) is 63.8 Å². The number of rotatable bonds is 3. The fourth-order valence-corrected chi connectivity index (χ4v) is 2.22. The van der Waals surface area contributed by atoms with Crippen molar-refractivity contribution in [2.45, 2.75) is 13.5 Å². The zero-order chi connectivity index (χ0) is 11.5. The van der Waals surface area contributed by atoms with Crippen molar-refractivity contribution < 1.29 is 0 Å². The highest BCUT2D eigenvalue weighted by Crippen LogP contribution is 2.22. The molecule has 0 aliphatic heterocycles. The molecular formula is C10H11ClN4S. The van der Waals surface area contributed by atoms with Gasteiger partial charge in [0, 0.05) is 11.1 Å². The van der Waals surface area contributed by atoms with E-state index in [0.717, 1.165) is 9.88 Å². The Morgan fingerprint density at radius 1 is 1.44 bits per heavy atom. The Bertz CT molecular complexity index is 497. The van der Waals surface area contributed by atoms with E-state index in [1.165, 1.54) is 0 Å². The molecule has 84 valence electrons. The van der Waals surface area contributed by atoms with Gasteiger partial charge >= 0.3 is 0 Å². The van der Waals surface area contributed by atoms with Crippen molar-refractivity contribution in [1.82, 2.24) is 9.97 Å². The van der Waals surface area contributed by atoms with E-state index >= 15 is 0 Å². The third-order valence-electron chi connectivity index (χ3n) is 1.96. The van der Waals surface area contributed by atoms with Crippen LogP contribution in [0.5, 0.6) is 0 Å². The van der Waals surface area contributed by atoms with E-state index in [-0.39, 0.29) is 0 Å². The molecule has 2 aromatic heterocycles. The fourth-order valence-electron chi connectivity index (χ4n) is 1.24. The lowest BCUT2D eigenvalue weighted by atomic mass is 10.4. The van der Waals surface area contributed by atoms with Crippen LogP contribution >= 0.6 is 22.9 Å². The number of nitrogen functional groups attached to an aromatic ring is 1. The summed E-state index contributed by atoms with van der Waals surface area (Å²) in [6.07, 6.45) is 3.42. The molecule has 0 radical (unpaired) electrons. The molecule has 0 saturated heterocycles. The Labute approximate surface area is 102 Å². The van der Waals surface area contributed by atoms with Crippen LogP contribution in [0.25, 0.3) is 0 Å². The number of halogens is 1. The van der Waals surface area contributed by atoms with Crippen LogP contribution in [0.1, 0.15) is 9.88 Å². The number of aryl methyl sites for hydroxylation is 1. The van der Waals surface area contributed by atoms with E-state index < -0.39 is 0 Å². The standard InChI is InChI=1S/C10H11ClN4S/c1-6-13-4-8(16-6)5-15-10-9(11)2-7(12)3-14-10/h2-4H,5,12H2,1H3,(H,14,15). The van der Waals surface area contributed by atoms with Gasteiger partial charge in [0.2, 0.25) is 0 Å². The van der Waals surface area contributed by atoms with E-state index in [1.807, 2.05) is 13.1 Å². The van der Waals surface area contributed by atoms with Gasteiger partial charge in [-0.05, 0) is 13.0 Å². The number of aromatic nitrogens is 2. The smallest absolute Gasteiger partial charge is 0.145 e. The second-order valence-corrected chi connectivity index (χ2v) is 5.02. The molecule has 6 heteroatoms. The van der Waals surface area contributed by atoms with Gasteiger partial charge in [-0.25, -0.2) is 9.97 Å². The predicted molar refractivity (Wildman–Crippen MR) is 67.8 cm³/mol. The summed E-state index contributed by atoms with van der Waals surface area (Å²) >= 11 is 7.63. The Hall–Kier alpha value is -1.33. The third kappa shape index (κ3) is 2.62. The van der Waals surface area contributed by atoms with Crippen LogP contribution < -0.4 is 11.1 Å². The number of nitrogens with zero attached hydrogens (tertiary/aromatic N) is 2. The van der Waals surface area contributed by atoms with Crippen LogP contribution in [0.2, 0.25) is 5.02 Å².